The third kappa shape index (κ3) is 4.67. The zero-order valence-corrected chi connectivity index (χ0v) is 24.4. The number of phenols is 1. The van der Waals surface area contributed by atoms with Crippen molar-refractivity contribution in [2.45, 2.75) is 56.6 Å². The van der Waals surface area contributed by atoms with Gasteiger partial charge in [-0.3, -0.25) is 4.79 Å². The minimum absolute atomic E-state index is 0.0884. The summed E-state index contributed by atoms with van der Waals surface area (Å²) >= 11 is 0. The Hall–Kier alpha value is -3.29. The van der Waals surface area contributed by atoms with E-state index in [0.29, 0.717) is 18.1 Å². The van der Waals surface area contributed by atoms with E-state index in [1.807, 2.05) is 26.0 Å². The molecule has 3 fully saturated rings. The Morgan fingerprint density at radius 2 is 1.63 bits per heavy atom. The van der Waals surface area contributed by atoms with Crippen molar-refractivity contribution in [1.29, 1.82) is 0 Å². The summed E-state index contributed by atoms with van der Waals surface area (Å²) in [7, 11) is 2.92. The lowest BCUT2D eigenvalue weighted by atomic mass is 9.63. The summed E-state index contributed by atoms with van der Waals surface area (Å²) in [4.78, 5) is 13.4. The molecule has 0 aromatic heterocycles. The lowest BCUT2D eigenvalue weighted by Gasteiger charge is -2.47. The van der Waals surface area contributed by atoms with Gasteiger partial charge in [0.15, 0.2) is 35.6 Å². The van der Waals surface area contributed by atoms with Crippen LogP contribution in [0.3, 0.4) is 0 Å². The molecular weight excluding hydrogens is 564 g/mol. The molecule has 1 aliphatic carbocycles. The second kappa shape index (κ2) is 11.0. The zero-order chi connectivity index (χ0) is 30.0. The maximum Gasteiger partial charge on any atom is 0.310 e. The van der Waals surface area contributed by atoms with E-state index in [0.717, 1.165) is 16.7 Å². The first-order chi connectivity index (χ1) is 20.8. The smallest absolute Gasteiger partial charge is 0.310 e. The van der Waals surface area contributed by atoms with Gasteiger partial charge < -0.3 is 52.8 Å². The second-order valence-electron chi connectivity index (χ2n) is 11.7. The number of esters is 1. The molecule has 12 nitrogen and oxygen atoms in total. The molecular formula is C31H36O12. The van der Waals surface area contributed by atoms with E-state index in [4.69, 9.17) is 42.6 Å². The molecule has 5 aliphatic rings. The monoisotopic (exact) mass is 600 g/mol. The number of methoxy groups -OCH3 is 2. The van der Waals surface area contributed by atoms with Gasteiger partial charge in [0.1, 0.15) is 12.2 Å². The first-order valence-corrected chi connectivity index (χ1v) is 14.6. The largest absolute Gasteiger partial charge is 0.502 e. The lowest BCUT2D eigenvalue weighted by Crippen LogP contribution is -2.59. The van der Waals surface area contributed by atoms with Crippen molar-refractivity contribution in [1.82, 2.24) is 0 Å². The van der Waals surface area contributed by atoms with Crippen molar-refractivity contribution in [2.75, 3.05) is 40.8 Å². The molecule has 2 aromatic rings. The summed E-state index contributed by atoms with van der Waals surface area (Å²) in [6.45, 7) is 4.52. The van der Waals surface area contributed by atoms with E-state index in [1.54, 1.807) is 12.1 Å². The molecule has 0 unspecified atom stereocenters. The van der Waals surface area contributed by atoms with E-state index in [2.05, 4.69) is 0 Å². The number of cyclic esters (lactones) is 1. The van der Waals surface area contributed by atoms with E-state index >= 15 is 0 Å². The SMILES string of the molecule is COc1cc([C@@H]2c3cc4c(cc3[C@@H](CO[C@@H]3O[C@@H]5CO[C@@H](C)O[C@H]5[C@H](C)[C@H]3O)[C@H]3COC(=O)[C@H]23)OCO4)cc(OC)c1O. The van der Waals surface area contributed by atoms with Crippen molar-refractivity contribution in [3.63, 3.8) is 0 Å². The summed E-state index contributed by atoms with van der Waals surface area (Å²) < 4.78 is 52.0. The van der Waals surface area contributed by atoms with Crippen LogP contribution in [0, 0.1) is 17.8 Å². The van der Waals surface area contributed by atoms with Gasteiger partial charge >= 0.3 is 5.97 Å². The highest BCUT2D eigenvalue weighted by molar-refractivity contribution is 5.79. The standard InChI is InChI=1S/C31H36O12/c1-13-27(32)31(43-24-11-37-14(2)42-29(13)24)39-9-18-16-7-20-21(41-12-40-20)8-17(16)25(26-19(18)10-38-30(26)34)15-5-22(35-3)28(33)23(6-15)36-4/h5-8,13-14,18-19,24-27,29,31-33H,9-12H2,1-4H3/t13-,14-,18-,19-,24-,25-,26+,27-,29+,31-/m1/s1. The van der Waals surface area contributed by atoms with Crippen molar-refractivity contribution < 1.29 is 57.6 Å². The van der Waals surface area contributed by atoms with Gasteiger partial charge in [0.05, 0.1) is 46.1 Å². The van der Waals surface area contributed by atoms with E-state index in [1.165, 1.54) is 14.2 Å². The number of aromatic hydroxyl groups is 1. The molecule has 7 rings (SSSR count). The maximum absolute atomic E-state index is 13.4. The molecule has 232 valence electrons. The highest BCUT2D eigenvalue weighted by atomic mass is 16.7. The number of carbonyl (C=O) groups is 1. The molecule has 4 aliphatic heterocycles. The van der Waals surface area contributed by atoms with Gasteiger partial charge in [-0.15, -0.1) is 0 Å². The molecule has 2 N–H and O–H groups in total. The Balaban J connectivity index is 1.25. The van der Waals surface area contributed by atoms with Gasteiger partial charge in [0, 0.05) is 23.7 Å². The van der Waals surface area contributed by atoms with Crippen LogP contribution in [0.1, 0.15) is 42.4 Å². The summed E-state index contributed by atoms with van der Waals surface area (Å²) in [5.41, 5.74) is 2.47. The molecule has 0 radical (unpaired) electrons. The van der Waals surface area contributed by atoms with Crippen LogP contribution in [0.25, 0.3) is 0 Å². The van der Waals surface area contributed by atoms with Gasteiger partial charge in [-0.05, 0) is 47.9 Å². The Morgan fingerprint density at radius 3 is 2.33 bits per heavy atom. The Morgan fingerprint density at radius 1 is 0.930 bits per heavy atom. The highest BCUT2D eigenvalue weighted by Gasteiger charge is 2.53. The van der Waals surface area contributed by atoms with Crippen LogP contribution in [0.2, 0.25) is 0 Å². The molecule has 43 heavy (non-hydrogen) atoms. The zero-order valence-electron chi connectivity index (χ0n) is 24.4. The Labute approximate surface area is 248 Å². The van der Waals surface area contributed by atoms with Crippen LogP contribution >= 0.6 is 0 Å². The number of rotatable bonds is 6. The van der Waals surface area contributed by atoms with Gasteiger partial charge in [0.2, 0.25) is 12.5 Å². The second-order valence-corrected chi connectivity index (χ2v) is 11.7. The fourth-order valence-corrected chi connectivity index (χ4v) is 7.27. The number of fused-ring (bicyclic) bond motifs is 4. The predicted molar refractivity (Wildman–Crippen MR) is 146 cm³/mol. The fourth-order valence-electron chi connectivity index (χ4n) is 7.27. The van der Waals surface area contributed by atoms with Gasteiger partial charge in [0.25, 0.3) is 0 Å². The Kier molecular flexibility index (Phi) is 7.29. The average molecular weight is 601 g/mol. The van der Waals surface area contributed by atoms with Crippen LogP contribution in [-0.4, -0.2) is 87.9 Å². The molecule has 12 heteroatoms. The molecule has 2 aromatic carbocycles. The first kappa shape index (κ1) is 28.5. The van der Waals surface area contributed by atoms with Gasteiger partial charge in [-0.2, -0.15) is 0 Å². The molecule has 10 atom stereocenters. The van der Waals surface area contributed by atoms with Crippen LogP contribution in [0.15, 0.2) is 24.3 Å². The van der Waals surface area contributed by atoms with E-state index < -0.39 is 24.2 Å². The molecule has 0 spiro atoms. The molecule has 0 saturated carbocycles. The topological polar surface area (TPSA) is 141 Å². The molecule has 0 bridgehead atoms. The highest BCUT2D eigenvalue weighted by Crippen LogP contribution is 2.56. The number of aliphatic hydroxyl groups excluding tert-OH is 1. The number of benzene rings is 2. The number of hydrogen-bond acceptors (Lipinski definition) is 12. The normalized spacial score (nSPS) is 35.9. The minimum Gasteiger partial charge on any atom is -0.502 e. The van der Waals surface area contributed by atoms with Gasteiger partial charge in [-0.1, -0.05) is 6.92 Å². The average Bonchev–Trinajstić information content (AvgIpc) is 3.63. The number of phenolic OH excluding ortho intramolecular Hbond substituents is 1. The Bertz CT molecular complexity index is 1370. The third-order valence-corrected chi connectivity index (χ3v) is 9.50. The van der Waals surface area contributed by atoms with E-state index in [-0.39, 0.29) is 79.5 Å². The summed E-state index contributed by atoms with van der Waals surface area (Å²) in [5.74, 6) is -0.644. The first-order valence-electron chi connectivity index (χ1n) is 14.6. The predicted octanol–water partition coefficient (Wildman–Crippen LogP) is 2.66. The quantitative estimate of drug-likeness (QED) is 0.471. The number of hydrogen-bond donors (Lipinski definition) is 2. The third-order valence-electron chi connectivity index (χ3n) is 9.50. The van der Waals surface area contributed by atoms with Gasteiger partial charge in [-0.25, -0.2) is 0 Å². The van der Waals surface area contributed by atoms with Crippen molar-refractivity contribution >= 4 is 5.97 Å². The van der Waals surface area contributed by atoms with E-state index in [9.17, 15) is 15.0 Å². The fraction of sp³-hybridized carbons (Fsp3) is 0.581. The van der Waals surface area contributed by atoms with Crippen molar-refractivity contribution in [3.05, 3.63) is 41.0 Å². The van der Waals surface area contributed by atoms with Crippen molar-refractivity contribution in [2.24, 2.45) is 17.8 Å². The van der Waals surface area contributed by atoms with Crippen LogP contribution in [-0.2, 0) is 28.5 Å². The van der Waals surface area contributed by atoms with Crippen LogP contribution in [0.4, 0.5) is 0 Å². The minimum atomic E-state index is -0.923. The van der Waals surface area contributed by atoms with Crippen molar-refractivity contribution in [3.8, 4) is 28.7 Å². The summed E-state index contributed by atoms with van der Waals surface area (Å²) in [6, 6.07) is 7.28. The number of aliphatic hydroxyl groups is 1. The van der Waals surface area contributed by atoms with Crippen LogP contribution in [0.5, 0.6) is 28.7 Å². The summed E-state index contributed by atoms with van der Waals surface area (Å²) in [5, 5.41) is 21.7. The molecule has 3 saturated heterocycles. The lowest BCUT2D eigenvalue weighted by molar-refractivity contribution is -0.346. The summed E-state index contributed by atoms with van der Waals surface area (Å²) in [6.07, 6.45) is -2.89. The van der Waals surface area contributed by atoms with Crippen LogP contribution < -0.4 is 18.9 Å². The number of carbonyl (C=O) groups excluding carboxylic acids is 1. The molecule has 0 amide bonds. The number of ether oxygens (including phenoxy) is 9. The molecule has 4 heterocycles. The maximum atomic E-state index is 13.4.